The van der Waals surface area contributed by atoms with Crippen LogP contribution in [0.5, 0.6) is 0 Å². The summed E-state index contributed by atoms with van der Waals surface area (Å²) in [5.41, 5.74) is 1.38. The number of fused-ring (bicyclic) bond motifs is 2. The normalized spacial score (nSPS) is 34.4. The van der Waals surface area contributed by atoms with Gasteiger partial charge in [0.15, 0.2) is 5.78 Å². The van der Waals surface area contributed by atoms with Gasteiger partial charge < -0.3 is 0 Å². The van der Waals surface area contributed by atoms with Crippen LogP contribution >= 0.6 is 0 Å². The average molecular weight is 327 g/mol. The Morgan fingerprint density at radius 2 is 1.91 bits per heavy atom. The van der Waals surface area contributed by atoms with Gasteiger partial charge in [0.2, 0.25) is 0 Å². The predicted molar refractivity (Wildman–Crippen MR) is 89.6 cm³/mol. The molecule has 3 aliphatic rings. The number of rotatable bonds is 3. The number of benzene rings is 1. The van der Waals surface area contributed by atoms with Crippen molar-refractivity contribution >= 4 is 16.6 Å². The number of Topliss-reactive ketones (excluding diaryl/α,β-unsaturated/α-hetero) is 1. The molecule has 120 valence electrons. The molecule has 3 nitrogen and oxygen atoms in total. The van der Waals surface area contributed by atoms with E-state index in [2.05, 4.69) is 6.07 Å². The largest absolute Gasteiger partial charge is 0.294 e. The van der Waals surface area contributed by atoms with Crippen LogP contribution in [0, 0.1) is 17.2 Å². The molecule has 1 saturated carbocycles. The molecule has 1 aliphatic carbocycles. The summed E-state index contributed by atoms with van der Waals surface area (Å²) in [6.45, 7) is 0. The fraction of sp³-hybridized carbons (Fsp3) is 0.579. The number of hydrogen-bond acceptors (Lipinski definition) is 3. The molecule has 0 N–H and O–H groups in total. The fourth-order valence-electron chi connectivity index (χ4n) is 4.24. The molecule has 4 heteroatoms. The highest BCUT2D eigenvalue weighted by atomic mass is 32.2. The third-order valence-electron chi connectivity index (χ3n) is 5.84. The highest BCUT2D eigenvalue weighted by molar-refractivity contribution is 7.86. The monoisotopic (exact) mass is 327 g/mol. The highest BCUT2D eigenvalue weighted by Crippen LogP contribution is 2.48. The van der Waals surface area contributed by atoms with E-state index in [1.165, 1.54) is 0 Å². The Balaban J connectivity index is 1.57. The van der Waals surface area contributed by atoms with Crippen molar-refractivity contribution in [1.29, 1.82) is 5.26 Å². The molecule has 2 unspecified atom stereocenters. The van der Waals surface area contributed by atoms with Crippen molar-refractivity contribution in [3.8, 4) is 6.07 Å². The van der Waals surface area contributed by atoms with Crippen LogP contribution in [0.4, 0.5) is 0 Å². The number of ketones is 1. The third-order valence-corrected chi connectivity index (χ3v) is 8.01. The van der Waals surface area contributed by atoms with Gasteiger partial charge in [-0.15, -0.1) is 0 Å². The van der Waals surface area contributed by atoms with Crippen LogP contribution in [0.2, 0.25) is 0 Å². The van der Waals surface area contributed by atoms with Gasteiger partial charge in [-0.3, -0.25) is 9.00 Å². The van der Waals surface area contributed by atoms with Crippen LogP contribution in [0.25, 0.3) is 0 Å². The molecule has 0 amide bonds. The molecule has 23 heavy (non-hydrogen) atoms. The lowest BCUT2D eigenvalue weighted by atomic mass is 9.83. The summed E-state index contributed by atoms with van der Waals surface area (Å²) in [6.07, 6.45) is 6.50. The molecule has 4 rings (SSSR count). The van der Waals surface area contributed by atoms with Gasteiger partial charge in [-0.05, 0) is 50.2 Å². The minimum atomic E-state index is -0.735. The van der Waals surface area contributed by atoms with E-state index in [1.807, 2.05) is 24.3 Å². The van der Waals surface area contributed by atoms with Crippen LogP contribution in [0.3, 0.4) is 0 Å². The first-order valence-corrected chi connectivity index (χ1v) is 9.86. The van der Waals surface area contributed by atoms with Gasteiger partial charge in [0.05, 0.1) is 11.5 Å². The molecule has 2 saturated heterocycles. The van der Waals surface area contributed by atoms with Crippen LogP contribution in [0.1, 0.15) is 60.9 Å². The standard InChI is InChI=1S/C19H21NO2S/c20-12-19(7-8-19)15-4-1-3-13(9-15)18(21)14-10-16-5-2-6-17(11-14)23(16)22/h1,3-4,9,14,16-17H,2,5-8,10-11H2. The first-order valence-electron chi connectivity index (χ1n) is 8.58. The Labute approximate surface area is 139 Å². The van der Waals surface area contributed by atoms with Gasteiger partial charge in [-0.1, -0.05) is 24.6 Å². The summed E-state index contributed by atoms with van der Waals surface area (Å²) in [7, 11) is -0.735. The van der Waals surface area contributed by atoms with Gasteiger partial charge in [-0.25, -0.2) is 0 Å². The average Bonchev–Trinajstić information content (AvgIpc) is 3.35. The molecule has 0 spiro atoms. The van der Waals surface area contributed by atoms with E-state index in [0.29, 0.717) is 0 Å². The van der Waals surface area contributed by atoms with E-state index in [1.54, 1.807) is 0 Å². The summed E-state index contributed by atoms with van der Waals surface area (Å²) in [5, 5.41) is 9.79. The van der Waals surface area contributed by atoms with Gasteiger partial charge in [-0.2, -0.15) is 5.26 Å². The molecular weight excluding hydrogens is 306 g/mol. The SMILES string of the molecule is N#CC1(c2cccc(C(=O)C3CC4CCCC(C3)S4=O)c2)CC1. The number of nitrogens with zero attached hydrogens (tertiary/aromatic N) is 1. The molecule has 2 atom stereocenters. The van der Waals surface area contributed by atoms with Gasteiger partial charge in [0.1, 0.15) is 0 Å². The lowest BCUT2D eigenvalue weighted by Crippen LogP contribution is -2.41. The van der Waals surface area contributed by atoms with E-state index in [9.17, 15) is 14.3 Å². The Bertz CT molecular complexity index is 700. The highest BCUT2D eigenvalue weighted by Gasteiger charge is 2.45. The lowest BCUT2D eigenvalue weighted by Gasteiger charge is -2.37. The van der Waals surface area contributed by atoms with Crippen molar-refractivity contribution in [2.45, 2.75) is 60.9 Å². The van der Waals surface area contributed by atoms with Crippen LogP contribution in [-0.4, -0.2) is 20.5 Å². The fourth-order valence-corrected chi connectivity index (χ4v) is 6.43. The van der Waals surface area contributed by atoms with Crippen molar-refractivity contribution in [3.05, 3.63) is 35.4 Å². The van der Waals surface area contributed by atoms with Crippen LogP contribution in [0.15, 0.2) is 24.3 Å². The van der Waals surface area contributed by atoms with Crippen molar-refractivity contribution < 1.29 is 9.00 Å². The molecule has 0 aromatic heterocycles. The second kappa shape index (κ2) is 5.56. The number of hydrogen-bond donors (Lipinski definition) is 0. The maximum Gasteiger partial charge on any atom is 0.166 e. The van der Waals surface area contributed by atoms with E-state index in [-0.39, 0.29) is 27.6 Å². The van der Waals surface area contributed by atoms with Gasteiger partial charge >= 0.3 is 0 Å². The molecule has 3 fully saturated rings. The minimum Gasteiger partial charge on any atom is -0.294 e. The quantitative estimate of drug-likeness (QED) is 0.798. The minimum absolute atomic E-state index is 0.00971. The van der Waals surface area contributed by atoms with Crippen molar-refractivity contribution in [3.63, 3.8) is 0 Å². The molecule has 1 aromatic rings. The summed E-state index contributed by atoms with van der Waals surface area (Å²) >= 11 is 0. The van der Waals surface area contributed by atoms with Crippen molar-refractivity contribution in [1.82, 2.24) is 0 Å². The first kappa shape index (κ1) is 15.1. The van der Waals surface area contributed by atoms with Gasteiger partial charge in [0, 0.05) is 32.8 Å². The van der Waals surface area contributed by atoms with Crippen molar-refractivity contribution in [2.24, 2.45) is 5.92 Å². The number of carbonyl (C=O) groups is 1. The molecule has 2 aliphatic heterocycles. The summed E-state index contributed by atoms with van der Waals surface area (Å²) in [5.74, 6) is 0.199. The topological polar surface area (TPSA) is 57.9 Å². The Kier molecular flexibility index (Phi) is 3.65. The molecular formula is C19H21NO2S. The Morgan fingerprint density at radius 3 is 2.52 bits per heavy atom. The number of carbonyl (C=O) groups excluding carboxylic acids is 1. The second-order valence-electron chi connectivity index (χ2n) is 7.31. The summed E-state index contributed by atoms with van der Waals surface area (Å²) in [4.78, 5) is 12.9. The van der Waals surface area contributed by atoms with Crippen LogP contribution in [-0.2, 0) is 16.2 Å². The zero-order valence-electron chi connectivity index (χ0n) is 13.2. The Morgan fingerprint density at radius 1 is 1.22 bits per heavy atom. The van der Waals surface area contributed by atoms with Gasteiger partial charge in [0.25, 0.3) is 0 Å². The van der Waals surface area contributed by atoms with E-state index in [0.717, 1.165) is 56.1 Å². The number of nitriles is 1. The maximum atomic E-state index is 12.9. The van der Waals surface area contributed by atoms with E-state index >= 15 is 0 Å². The first-order chi connectivity index (χ1) is 11.1. The smallest absolute Gasteiger partial charge is 0.166 e. The predicted octanol–water partition coefficient (Wildman–Crippen LogP) is 3.50. The maximum absolute atomic E-state index is 12.9. The summed E-state index contributed by atoms with van der Waals surface area (Å²) in [6, 6.07) is 10.1. The van der Waals surface area contributed by atoms with Crippen molar-refractivity contribution in [2.75, 3.05) is 0 Å². The van der Waals surface area contributed by atoms with Crippen LogP contribution < -0.4 is 0 Å². The van der Waals surface area contributed by atoms with E-state index < -0.39 is 10.8 Å². The third kappa shape index (κ3) is 2.55. The summed E-state index contributed by atoms with van der Waals surface area (Å²) < 4.78 is 12.3. The Hall–Kier alpha value is -1.47. The molecule has 0 radical (unpaired) electrons. The second-order valence-corrected chi connectivity index (χ2v) is 9.30. The molecule has 1 aromatic carbocycles. The van der Waals surface area contributed by atoms with E-state index in [4.69, 9.17) is 0 Å². The molecule has 2 bridgehead atoms. The molecule has 2 heterocycles. The zero-order valence-corrected chi connectivity index (χ0v) is 14.0. The lowest BCUT2D eigenvalue weighted by molar-refractivity contribution is 0.0895. The zero-order chi connectivity index (χ0) is 16.0.